The highest BCUT2D eigenvalue weighted by atomic mass is 32.1. The first-order valence-electron chi connectivity index (χ1n) is 8.79. The Kier molecular flexibility index (Phi) is 5.07. The average molecular weight is 337 g/mol. The molecule has 1 aromatic rings. The van der Waals surface area contributed by atoms with Crippen LogP contribution in [0, 0.1) is 0 Å². The van der Waals surface area contributed by atoms with E-state index >= 15 is 0 Å². The third-order valence-electron chi connectivity index (χ3n) is 4.91. The van der Waals surface area contributed by atoms with Crippen molar-refractivity contribution in [1.29, 1.82) is 0 Å². The third-order valence-corrected chi connectivity index (χ3v) is 5.92. The third kappa shape index (κ3) is 4.13. The molecule has 1 unspecified atom stereocenters. The number of ether oxygens (including phenoxy) is 1. The molecule has 1 amide bonds. The van der Waals surface area contributed by atoms with Gasteiger partial charge in [-0.1, -0.05) is 20.8 Å². The molecule has 3 heterocycles. The van der Waals surface area contributed by atoms with E-state index in [-0.39, 0.29) is 17.4 Å². The van der Waals surface area contributed by atoms with E-state index in [4.69, 9.17) is 9.72 Å². The fourth-order valence-corrected chi connectivity index (χ4v) is 4.54. The Balaban J connectivity index is 1.51. The van der Waals surface area contributed by atoms with Crippen LogP contribution in [0.25, 0.3) is 0 Å². The molecule has 5 heteroatoms. The zero-order chi connectivity index (χ0) is 16.4. The van der Waals surface area contributed by atoms with E-state index in [2.05, 4.69) is 26.2 Å². The summed E-state index contributed by atoms with van der Waals surface area (Å²) in [7, 11) is 0. The van der Waals surface area contributed by atoms with E-state index in [0.717, 1.165) is 45.4 Å². The Bertz CT molecular complexity index is 535. The summed E-state index contributed by atoms with van der Waals surface area (Å²) < 4.78 is 5.58. The molecule has 0 saturated carbocycles. The molecular weight excluding hydrogens is 308 g/mol. The molecule has 1 atom stereocenters. The van der Waals surface area contributed by atoms with Gasteiger partial charge in [-0.15, -0.1) is 11.3 Å². The molecule has 2 aliphatic rings. The molecule has 0 N–H and O–H groups in total. The standard InChI is InChI=1S/C18H28N2O2S/c1-18(2,3)15-12-23-17(19-15)13-6-8-20(9-7-13)16(21)11-14-5-4-10-22-14/h12-14H,4-11H2,1-3H3. The van der Waals surface area contributed by atoms with Crippen molar-refractivity contribution in [1.82, 2.24) is 9.88 Å². The second-order valence-corrected chi connectivity index (χ2v) is 8.70. The number of thiazole rings is 1. The van der Waals surface area contributed by atoms with E-state index < -0.39 is 0 Å². The van der Waals surface area contributed by atoms with E-state index in [1.807, 2.05) is 4.90 Å². The van der Waals surface area contributed by atoms with Crippen LogP contribution in [0.1, 0.15) is 69.5 Å². The van der Waals surface area contributed by atoms with Crippen LogP contribution in [0.4, 0.5) is 0 Å². The van der Waals surface area contributed by atoms with E-state index in [1.165, 1.54) is 10.7 Å². The van der Waals surface area contributed by atoms with Gasteiger partial charge in [0.2, 0.25) is 5.91 Å². The van der Waals surface area contributed by atoms with Crippen molar-refractivity contribution in [2.24, 2.45) is 0 Å². The van der Waals surface area contributed by atoms with E-state index in [1.54, 1.807) is 11.3 Å². The highest BCUT2D eigenvalue weighted by Gasteiger charge is 2.29. The quantitative estimate of drug-likeness (QED) is 0.845. The van der Waals surface area contributed by atoms with Crippen LogP contribution in [0.5, 0.6) is 0 Å². The number of rotatable bonds is 3. The SMILES string of the molecule is CC(C)(C)c1csc(C2CCN(C(=O)CC3CCCO3)CC2)n1. The Hall–Kier alpha value is -0.940. The first-order chi connectivity index (χ1) is 10.9. The van der Waals surface area contributed by atoms with Crippen molar-refractivity contribution in [2.75, 3.05) is 19.7 Å². The molecule has 0 aromatic carbocycles. The number of carbonyl (C=O) groups excluding carboxylic acids is 1. The lowest BCUT2D eigenvalue weighted by Gasteiger charge is -2.31. The summed E-state index contributed by atoms with van der Waals surface area (Å²) in [5.74, 6) is 0.785. The first-order valence-corrected chi connectivity index (χ1v) is 9.67. The van der Waals surface area contributed by atoms with Crippen LogP contribution in [-0.2, 0) is 14.9 Å². The minimum Gasteiger partial charge on any atom is -0.378 e. The average Bonchev–Trinajstić information content (AvgIpc) is 3.18. The minimum absolute atomic E-state index is 0.118. The van der Waals surface area contributed by atoms with Crippen LogP contribution in [-0.4, -0.2) is 41.6 Å². The summed E-state index contributed by atoms with van der Waals surface area (Å²) in [6.45, 7) is 9.16. The van der Waals surface area contributed by atoms with Crippen LogP contribution >= 0.6 is 11.3 Å². The first kappa shape index (κ1) is 16.9. The highest BCUT2D eigenvalue weighted by molar-refractivity contribution is 7.09. The molecule has 23 heavy (non-hydrogen) atoms. The molecule has 4 nitrogen and oxygen atoms in total. The van der Waals surface area contributed by atoms with Gasteiger partial charge >= 0.3 is 0 Å². The summed E-state index contributed by atoms with van der Waals surface area (Å²) in [5, 5.41) is 3.45. The van der Waals surface area contributed by atoms with Crippen molar-refractivity contribution in [3.05, 3.63) is 16.1 Å². The summed E-state index contributed by atoms with van der Waals surface area (Å²) >= 11 is 1.78. The molecule has 2 saturated heterocycles. The lowest BCUT2D eigenvalue weighted by atomic mass is 9.93. The van der Waals surface area contributed by atoms with E-state index in [9.17, 15) is 4.79 Å². The Morgan fingerprint density at radius 3 is 2.65 bits per heavy atom. The summed E-state index contributed by atoms with van der Waals surface area (Å²) in [6.07, 6.45) is 4.93. The van der Waals surface area contributed by atoms with Crippen molar-refractivity contribution in [3.63, 3.8) is 0 Å². The lowest BCUT2D eigenvalue weighted by molar-refractivity contribution is -0.134. The van der Waals surface area contributed by atoms with Gasteiger partial charge in [-0.3, -0.25) is 4.79 Å². The Morgan fingerprint density at radius 1 is 1.35 bits per heavy atom. The number of likely N-dealkylation sites (tertiary alicyclic amines) is 1. The van der Waals surface area contributed by atoms with Crippen molar-refractivity contribution in [3.8, 4) is 0 Å². The maximum absolute atomic E-state index is 12.4. The zero-order valence-electron chi connectivity index (χ0n) is 14.5. The Labute approximate surface area is 143 Å². The second-order valence-electron chi connectivity index (χ2n) is 7.82. The normalized spacial score (nSPS) is 23.4. The van der Waals surface area contributed by atoms with Gasteiger partial charge in [-0.05, 0) is 25.7 Å². The number of nitrogens with zero attached hydrogens (tertiary/aromatic N) is 2. The molecule has 0 radical (unpaired) electrons. The second kappa shape index (κ2) is 6.89. The van der Waals surface area contributed by atoms with Crippen LogP contribution in [0.15, 0.2) is 5.38 Å². The van der Waals surface area contributed by atoms with Gasteiger partial charge in [-0.2, -0.15) is 0 Å². The number of piperidine rings is 1. The number of hydrogen-bond acceptors (Lipinski definition) is 4. The van der Waals surface area contributed by atoms with Gasteiger partial charge in [0, 0.05) is 36.4 Å². The maximum Gasteiger partial charge on any atom is 0.225 e. The smallest absolute Gasteiger partial charge is 0.225 e. The molecule has 0 aliphatic carbocycles. The maximum atomic E-state index is 12.4. The monoisotopic (exact) mass is 336 g/mol. The van der Waals surface area contributed by atoms with Crippen molar-refractivity contribution < 1.29 is 9.53 Å². The number of amides is 1. The predicted molar refractivity (Wildman–Crippen MR) is 93.0 cm³/mol. The molecule has 128 valence electrons. The molecule has 2 aliphatic heterocycles. The Morgan fingerprint density at radius 2 is 2.09 bits per heavy atom. The van der Waals surface area contributed by atoms with Crippen molar-refractivity contribution in [2.45, 2.75) is 70.3 Å². The zero-order valence-corrected chi connectivity index (χ0v) is 15.3. The molecule has 3 rings (SSSR count). The van der Waals surface area contributed by atoms with Gasteiger partial charge in [0.15, 0.2) is 0 Å². The molecular formula is C18H28N2O2S. The highest BCUT2D eigenvalue weighted by Crippen LogP contribution is 2.33. The summed E-state index contributed by atoms with van der Waals surface area (Å²) in [4.78, 5) is 19.2. The lowest BCUT2D eigenvalue weighted by Crippen LogP contribution is -2.39. The topological polar surface area (TPSA) is 42.4 Å². The molecule has 0 spiro atoms. The largest absolute Gasteiger partial charge is 0.378 e. The number of aromatic nitrogens is 1. The van der Waals surface area contributed by atoms with Gasteiger partial charge in [-0.25, -0.2) is 4.98 Å². The van der Waals surface area contributed by atoms with Crippen LogP contribution in [0.3, 0.4) is 0 Å². The van der Waals surface area contributed by atoms with Crippen molar-refractivity contribution >= 4 is 17.2 Å². The molecule has 1 aromatic heterocycles. The van der Waals surface area contributed by atoms with Gasteiger partial charge in [0.1, 0.15) is 0 Å². The van der Waals surface area contributed by atoms with Gasteiger partial charge in [0.05, 0.1) is 23.2 Å². The van der Waals surface area contributed by atoms with E-state index in [0.29, 0.717) is 12.3 Å². The molecule has 0 bridgehead atoms. The fourth-order valence-electron chi connectivity index (χ4n) is 3.32. The minimum atomic E-state index is 0.118. The fraction of sp³-hybridized carbons (Fsp3) is 0.778. The summed E-state index contributed by atoms with van der Waals surface area (Å²) in [5.41, 5.74) is 1.31. The van der Waals surface area contributed by atoms with Gasteiger partial charge in [0.25, 0.3) is 0 Å². The van der Waals surface area contributed by atoms with Crippen LogP contribution in [0.2, 0.25) is 0 Å². The summed E-state index contributed by atoms with van der Waals surface area (Å²) in [6, 6.07) is 0. The predicted octanol–water partition coefficient (Wildman–Crippen LogP) is 3.72. The number of carbonyl (C=O) groups is 1. The molecule has 2 fully saturated rings. The number of hydrogen-bond donors (Lipinski definition) is 0. The van der Waals surface area contributed by atoms with Gasteiger partial charge < -0.3 is 9.64 Å². The van der Waals surface area contributed by atoms with Crippen LogP contribution < -0.4 is 0 Å².